The zero-order valence-corrected chi connectivity index (χ0v) is 19.6. The van der Waals surface area contributed by atoms with E-state index in [1.165, 1.54) is 41.7 Å². The molecule has 1 aromatic heterocycles. The van der Waals surface area contributed by atoms with Crippen molar-refractivity contribution in [1.82, 2.24) is 20.1 Å². The molecule has 0 aliphatic carbocycles. The number of carbonyl (C=O) groups excluding carboxylic acids is 2. The third-order valence-corrected chi connectivity index (χ3v) is 7.30. The molecule has 0 bridgehead atoms. The van der Waals surface area contributed by atoms with Gasteiger partial charge in [0.05, 0.1) is 12.2 Å². The van der Waals surface area contributed by atoms with Crippen LogP contribution in [0.2, 0.25) is 0 Å². The molecule has 0 saturated carbocycles. The van der Waals surface area contributed by atoms with Gasteiger partial charge in [-0.1, -0.05) is 18.2 Å². The van der Waals surface area contributed by atoms with Gasteiger partial charge in [0.25, 0.3) is 5.91 Å². The normalized spacial score (nSPS) is 18.1. The molecule has 8 nitrogen and oxygen atoms in total. The third kappa shape index (κ3) is 4.50. The number of likely N-dealkylation sites (N-methyl/N-ethyl adjacent to an activating group) is 1. The van der Waals surface area contributed by atoms with Crippen LogP contribution in [0.15, 0.2) is 53.7 Å². The minimum atomic E-state index is -0.719. The highest BCUT2D eigenvalue weighted by molar-refractivity contribution is 7.99. The summed E-state index contributed by atoms with van der Waals surface area (Å²) in [6, 6.07) is 11.9. The minimum absolute atomic E-state index is 0.0603. The lowest BCUT2D eigenvalue weighted by Gasteiger charge is -2.24. The van der Waals surface area contributed by atoms with Crippen LogP contribution < -0.4 is 15.1 Å². The molecule has 0 spiro atoms. The van der Waals surface area contributed by atoms with Gasteiger partial charge in [0, 0.05) is 42.0 Å². The van der Waals surface area contributed by atoms with Gasteiger partial charge < -0.3 is 15.1 Å². The van der Waals surface area contributed by atoms with E-state index in [1.807, 2.05) is 6.07 Å². The zero-order chi connectivity index (χ0) is 23.7. The lowest BCUT2D eigenvalue weighted by Crippen LogP contribution is -2.48. The first-order chi connectivity index (χ1) is 16.5. The summed E-state index contributed by atoms with van der Waals surface area (Å²) in [4.78, 5) is 35.0. The number of benzene rings is 2. The smallest absolute Gasteiger partial charge is 0.291 e. The summed E-state index contributed by atoms with van der Waals surface area (Å²) in [5.74, 6) is -0.733. The maximum Gasteiger partial charge on any atom is 0.291 e. The minimum Gasteiger partial charge on any atom is -0.371 e. The quantitative estimate of drug-likeness (QED) is 0.605. The van der Waals surface area contributed by atoms with E-state index in [0.717, 1.165) is 29.4 Å². The molecule has 5 rings (SSSR count). The Labute approximate surface area is 201 Å². The average Bonchev–Trinajstić information content (AvgIpc) is 3.53. The molecule has 176 valence electrons. The van der Waals surface area contributed by atoms with Gasteiger partial charge in [0.2, 0.25) is 11.7 Å². The summed E-state index contributed by atoms with van der Waals surface area (Å²) in [6.45, 7) is 2.21. The van der Waals surface area contributed by atoms with Crippen LogP contribution in [0.5, 0.6) is 0 Å². The van der Waals surface area contributed by atoms with Crippen molar-refractivity contribution >= 4 is 35.0 Å². The molecule has 2 amide bonds. The van der Waals surface area contributed by atoms with Crippen molar-refractivity contribution in [1.29, 1.82) is 0 Å². The molecule has 1 saturated heterocycles. The number of thioether (sulfide) groups is 1. The Bertz CT molecular complexity index is 1230. The molecule has 3 heterocycles. The Balaban J connectivity index is 1.27. The molecule has 0 radical (unpaired) electrons. The van der Waals surface area contributed by atoms with Crippen LogP contribution in [0.3, 0.4) is 0 Å². The first kappa shape index (κ1) is 22.4. The maximum absolute atomic E-state index is 13.9. The number of halogens is 1. The lowest BCUT2D eigenvalue weighted by molar-refractivity contribution is -0.119. The molecule has 10 heteroatoms. The van der Waals surface area contributed by atoms with Gasteiger partial charge >= 0.3 is 0 Å². The van der Waals surface area contributed by atoms with Crippen LogP contribution >= 0.6 is 11.8 Å². The fraction of sp³-hybridized carbons (Fsp3) is 0.333. The number of aromatic nitrogens is 3. The molecule has 34 heavy (non-hydrogen) atoms. The third-order valence-electron chi connectivity index (χ3n) is 6.14. The van der Waals surface area contributed by atoms with Crippen LogP contribution in [-0.4, -0.2) is 58.5 Å². The van der Waals surface area contributed by atoms with Gasteiger partial charge in [0.1, 0.15) is 18.2 Å². The van der Waals surface area contributed by atoms with Crippen LogP contribution in [0.25, 0.3) is 0 Å². The summed E-state index contributed by atoms with van der Waals surface area (Å²) in [5.41, 5.74) is 2.41. The number of hydrogen-bond donors (Lipinski definition) is 1. The number of anilines is 2. The van der Waals surface area contributed by atoms with Crippen LogP contribution in [-0.2, 0) is 11.3 Å². The van der Waals surface area contributed by atoms with Crippen molar-refractivity contribution in [2.24, 2.45) is 0 Å². The van der Waals surface area contributed by atoms with Gasteiger partial charge in [-0.15, -0.1) is 16.9 Å². The van der Waals surface area contributed by atoms with E-state index in [-0.39, 0.29) is 24.1 Å². The van der Waals surface area contributed by atoms with E-state index in [0.29, 0.717) is 11.3 Å². The Kier molecular flexibility index (Phi) is 6.23. The fourth-order valence-corrected chi connectivity index (χ4v) is 5.34. The highest BCUT2D eigenvalue weighted by Gasteiger charge is 2.31. The molecule has 1 N–H and O–H groups in total. The lowest BCUT2D eigenvalue weighted by atomic mass is 10.2. The Hall–Kier alpha value is -3.40. The Morgan fingerprint density at radius 3 is 2.79 bits per heavy atom. The van der Waals surface area contributed by atoms with E-state index in [1.54, 1.807) is 30.1 Å². The number of fused-ring (bicyclic) bond motifs is 1. The SMILES string of the molecule is CN1C(=O)[C@@H](NC(=O)c2ncn(Cc3ccccc3F)n2)CSc2ccc(N3CCCC3)cc21. The summed E-state index contributed by atoms with van der Waals surface area (Å²) in [6.07, 6.45) is 3.74. The zero-order valence-electron chi connectivity index (χ0n) is 18.8. The molecule has 1 fully saturated rings. The van der Waals surface area contributed by atoms with Crippen molar-refractivity contribution in [3.8, 4) is 0 Å². The summed E-state index contributed by atoms with van der Waals surface area (Å²) in [7, 11) is 1.74. The van der Waals surface area contributed by atoms with Crippen molar-refractivity contribution in [3.05, 3.63) is 66.0 Å². The Morgan fingerprint density at radius 2 is 2.00 bits per heavy atom. The number of rotatable bonds is 5. The highest BCUT2D eigenvalue weighted by atomic mass is 32.2. The Morgan fingerprint density at radius 1 is 1.21 bits per heavy atom. The van der Waals surface area contributed by atoms with E-state index in [2.05, 4.69) is 32.4 Å². The van der Waals surface area contributed by atoms with E-state index in [9.17, 15) is 14.0 Å². The van der Waals surface area contributed by atoms with Gasteiger partial charge in [0.15, 0.2) is 0 Å². The maximum atomic E-state index is 13.9. The van der Waals surface area contributed by atoms with Crippen molar-refractivity contribution in [3.63, 3.8) is 0 Å². The molecule has 2 aliphatic rings. The summed E-state index contributed by atoms with van der Waals surface area (Å²) in [5, 5.41) is 6.94. The van der Waals surface area contributed by atoms with E-state index in [4.69, 9.17) is 0 Å². The van der Waals surface area contributed by atoms with E-state index < -0.39 is 11.9 Å². The molecule has 2 aromatic carbocycles. The first-order valence-electron chi connectivity index (χ1n) is 11.2. The van der Waals surface area contributed by atoms with Crippen LogP contribution in [0.4, 0.5) is 15.8 Å². The van der Waals surface area contributed by atoms with E-state index >= 15 is 0 Å². The largest absolute Gasteiger partial charge is 0.371 e. The second kappa shape index (κ2) is 9.46. The number of hydrogen-bond acceptors (Lipinski definition) is 6. The van der Waals surface area contributed by atoms with Crippen LogP contribution in [0, 0.1) is 5.82 Å². The number of nitrogens with zero attached hydrogens (tertiary/aromatic N) is 5. The molecule has 3 aromatic rings. The predicted octanol–water partition coefficient (Wildman–Crippen LogP) is 2.93. The molecular formula is C24H25FN6O2S. The second-order valence-electron chi connectivity index (χ2n) is 8.44. The topological polar surface area (TPSA) is 83.4 Å². The fourth-order valence-electron chi connectivity index (χ4n) is 4.26. The van der Waals surface area contributed by atoms with Crippen molar-refractivity contribution in [2.75, 3.05) is 35.7 Å². The van der Waals surface area contributed by atoms with Crippen LogP contribution in [0.1, 0.15) is 29.0 Å². The van der Waals surface area contributed by atoms with Gasteiger partial charge in [-0.25, -0.2) is 14.1 Å². The number of carbonyl (C=O) groups is 2. The summed E-state index contributed by atoms with van der Waals surface area (Å²) >= 11 is 1.54. The predicted molar refractivity (Wildman–Crippen MR) is 129 cm³/mol. The van der Waals surface area contributed by atoms with Crippen molar-refractivity contribution < 1.29 is 14.0 Å². The van der Waals surface area contributed by atoms with Gasteiger partial charge in [-0.3, -0.25) is 9.59 Å². The molecule has 1 atom stereocenters. The summed E-state index contributed by atoms with van der Waals surface area (Å²) < 4.78 is 15.3. The molecular weight excluding hydrogens is 455 g/mol. The highest BCUT2D eigenvalue weighted by Crippen LogP contribution is 2.37. The van der Waals surface area contributed by atoms with Gasteiger partial charge in [-0.2, -0.15) is 0 Å². The first-order valence-corrected chi connectivity index (χ1v) is 12.2. The molecule has 0 unspecified atom stereocenters. The van der Waals surface area contributed by atoms with Gasteiger partial charge in [-0.05, 0) is 37.1 Å². The number of amides is 2. The standard InChI is InChI=1S/C24H25FN6O2S/c1-29-20-12-17(30-10-4-5-11-30)8-9-21(20)34-14-19(24(29)33)27-23(32)22-26-15-31(28-22)13-16-6-2-3-7-18(16)25/h2-3,6-9,12,15,19H,4-5,10-11,13-14H2,1H3,(H,27,32)/t19-/m0/s1. The molecule has 2 aliphatic heterocycles. The van der Waals surface area contributed by atoms with Crippen molar-refractivity contribution in [2.45, 2.75) is 30.3 Å². The average molecular weight is 481 g/mol. The monoisotopic (exact) mass is 480 g/mol. The number of nitrogens with one attached hydrogen (secondary N) is 1. The second-order valence-corrected chi connectivity index (χ2v) is 9.50.